The van der Waals surface area contributed by atoms with Gasteiger partial charge in [0.1, 0.15) is 0 Å². The lowest BCUT2D eigenvalue weighted by Crippen LogP contribution is -2.29. The molecule has 0 amide bonds. The maximum atomic E-state index is 2.51. The standard InChI is InChI=1S/C83H60N2/c1-81(2)74-45-18-12-40-68(74)73-52-51-66(56-79(73)81)84(62-35-24-33-60(53-62)82(58-29-8-4-9-30-58)75-46-19-13-41-69(75)70-42-14-20-47-76(70)82)64-37-26-38-65(55-64)85(80-50-23-17-39-67(80)57-27-6-3-7-28-57)63-36-25-34-61(54-63)83(59-31-10-5-11-32-59)77-48-21-15-43-71(77)72-44-16-22-49-78(72)83/h3-56H,1-2H3. The first-order valence-corrected chi connectivity index (χ1v) is 29.7. The molecule has 0 radical (unpaired) electrons. The predicted octanol–water partition coefficient (Wildman–Crippen LogP) is 21.3. The maximum Gasteiger partial charge on any atom is 0.0714 e. The topological polar surface area (TPSA) is 6.48 Å². The molecule has 2 heteroatoms. The average molecular weight is 1090 g/mol. The molecule has 3 aliphatic carbocycles. The molecule has 402 valence electrons. The van der Waals surface area contributed by atoms with Gasteiger partial charge in [-0.05, 0) is 155 Å². The molecule has 0 spiro atoms. The minimum Gasteiger partial charge on any atom is -0.310 e. The Morgan fingerprint density at radius 2 is 0.541 bits per heavy atom. The van der Waals surface area contributed by atoms with E-state index in [0.29, 0.717) is 0 Å². The van der Waals surface area contributed by atoms with E-state index >= 15 is 0 Å². The number of hydrogen-bond donors (Lipinski definition) is 0. The van der Waals surface area contributed by atoms with E-state index in [1.54, 1.807) is 0 Å². The van der Waals surface area contributed by atoms with Gasteiger partial charge in [0.15, 0.2) is 0 Å². The van der Waals surface area contributed by atoms with E-state index in [-0.39, 0.29) is 5.41 Å². The second-order valence-corrected chi connectivity index (χ2v) is 23.5. The summed E-state index contributed by atoms with van der Waals surface area (Å²) in [4.78, 5) is 5.00. The molecule has 16 rings (SSSR count). The summed E-state index contributed by atoms with van der Waals surface area (Å²) >= 11 is 0. The number of fused-ring (bicyclic) bond motifs is 9. The highest BCUT2D eigenvalue weighted by molar-refractivity contribution is 5.93. The van der Waals surface area contributed by atoms with Gasteiger partial charge >= 0.3 is 0 Å². The second-order valence-electron chi connectivity index (χ2n) is 23.5. The van der Waals surface area contributed by atoms with Crippen LogP contribution in [0.1, 0.15) is 69.5 Å². The van der Waals surface area contributed by atoms with Crippen LogP contribution in [-0.4, -0.2) is 0 Å². The fourth-order valence-electron chi connectivity index (χ4n) is 15.2. The Morgan fingerprint density at radius 3 is 1.04 bits per heavy atom. The fourth-order valence-corrected chi connectivity index (χ4v) is 15.2. The molecule has 0 aromatic heterocycles. The van der Waals surface area contributed by atoms with Gasteiger partial charge in [-0.15, -0.1) is 0 Å². The van der Waals surface area contributed by atoms with Crippen molar-refractivity contribution in [1.82, 2.24) is 0 Å². The Labute approximate surface area is 498 Å². The third-order valence-electron chi connectivity index (χ3n) is 18.8. The Hall–Kier alpha value is -10.5. The zero-order chi connectivity index (χ0) is 56.7. The normalized spacial score (nSPS) is 14.0. The summed E-state index contributed by atoms with van der Waals surface area (Å²) < 4.78 is 0. The van der Waals surface area contributed by atoms with Crippen LogP contribution in [0.4, 0.5) is 34.1 Å². The second kappa shape index (κ2) is 19.8. The monoisotopic (exact) mass is 1080 g/mol. The zero-order valence-corrected chi connectivity index (χ0v) is 47.6. The van der Waals surface area contributed by atoms with Crippen LogP contribution >= 0.6 is 0 Å². The van der Waals surface area contributed by atoms with Gasteiger partial charge in [0.2, 0.25) is 0 Å². The Morgan fingerprint density at radius 1 is 0.212 bits per heavy atom. The van der Waals surface area contributed by atoms with E-state index in [0.717, 1.165) is 45.3 Å². The van der Waals surface area contributed by atoms with Crippen LogP contribution in [0.15, 0.2) is 328 Å². The summed E-state index contributed by atoms with van der Waals surface area (Å²) in [6, 6.07) is 122. The van der Waals surface area contributed by atoms with Gasteiger partial charge in [-0.2, -0.15) is 0 Å². The summed E-state index contributed by atoms with van der Waals surface area (Å²) in [6.07, 6.45) is 0. The van der Waals surface area contributed by atoms with Gasteiger partial charge in [-0.1, -0.05) is 281 Å². The lowest BCUT2D eigenvalue weighted by molar-refractivity contribution is 0.660. The summed E-state index contributed by atoms with van der Waals surface area (Å²) in [5.74, 6) is 0. The van der Waals surface area contributed by atoms with Crippen molar-refractivity contribution in [3.05, 3.63) is 383 Å². The average Bonchev–Trinajstić information content (AvgIpc) is 1.74. The molecule has 0 N–H and O–H groups in total. The highest BCUT2D eigenvalue weighted by atomic mass is 15.2. The Bertz CT molecular complexity index is 4620. The molecule has 0 saturated heterocycles. The number of para-hydroxylation sites is 1. The van der Waals surface area contributed by atoms with Crippen molar-refractivity contribution < 1.29 is 0 Å². The minimum atomic E-state index is -0.586. The van der Waals surface area contributed by atoms with Crippen molar-refractivity contribution in [3.8, 4) is 44.5 Å². The van der Waals surface area contributed by atoms with Crippen LogP contribution in [0.3, 0.4) is 0 Å². The van der Waals surface area contributed by atoms with E-state index in [1.807, 2.05) is 0 Å². The van der Waals surface area contributed by atoms with Gasteiger partial charge in [-0.25, -0.2) is 0 Å². The van der Waals surface area contributed by atoms with Crippen molar-refractivity contribution in [2.75, 3.05) is 9.80 Å². The van der Waals surface area contributed by atoms with E-state index in [1.165, 1.54) is 89.0 Å². The van der Waals surface area contributed by atoms with Crippen LogP contribution in [0.2, 0.25) is 0 Å². The Kier molecular flexibility index (Phi) is 11.7. The van der Waals surface area contributed by atoms with Crippen LogP contribution in [-0.2, 0) is 16.2 Å². The Balaban J connectivity index is 0.935. The molecule has 0 heterocycles. The molecule has 0 bridgehead atoms. The number of benzene rings is 13. The lowest BCUT2D eigenvalue weighted by Gasteiger charge is -2.36. The molecular formula is C83H60N2. The predicted molar refractivity (Wildman–Crippen MR) is 353 cm³/mol. The third-order valence-corrected chi connectivity index (χ3v) is 18.8. The number of nitrogens with zero attached hydrogens (tertiary/aromatic N) is 2. The number of anilines is 6. The van der Waals surface area contributed by atoms with Crippen LogP contribution in [0, 0.1) is 0 Å². The van der Waals surface area contributed by atoms with E-state index in [2.05, 4.69) is 351 Å². The molecule has 85 heavy (non-hydrogen) atoms. The van der Waals surface area contributed by atoms with Gasteiger partial charge in [0.25, 0.3) is 0 Å². The van der Waals surface area contributed by atoms with Gasteiger partial charge in [0, 0.05) is 39.4 Å². The van der Waals surface area contributed by atoms with Gasteiger partial charge < -0.3 is 9.80 Å². The molecule has 0 fully saturated rings. The molecule has 0 atom stereocenters. The molecule has 0 saturated carbocycles. The molecular weight excluding hydrogens is 1020 g/mol. The summed E-state index contributed by atoms with van der Waals surface area (Å²) in [5.41, 5.74) is 27.7. The number of rotatable bonds is 11. The molecule has 13 aromatic rings. The van der Waals surface area contributed by atoms with Crippen LogP contribution < -0.4 is 9.80 Å². The van der Waals surface area contributed by atoms with Crippen molar-refractivity contribution in [3.63, 3.8) is 0 Å². The zero-order valence-electron chi connectivity index (χ0n) is 47.6. The van der Waals surface area contributed by atoms with Gasteiger partial charge in [0.05, 0.1) is 16.5 Å². The molecule has 13 aromatic carbocycles. The fraction of sp³-hybridized carbons (Fsp3) is 0.0602. The van der Waals surface area contributed by atoms with Crippen molar-refractivity contribution >= 4 is 34.1 Å². The largest absolute Gasteiger partial charge is 0.310 e. The lowest BCUT2D eigenvalue weighted by atomic mass is 9.67. The van der Waals surface area contributed by atoms with Crippen molar-refractivity contribution in [2.45, 2.75) is 30.1 Å². The van der Waals surface area contributed by atoms with E-state index in [4.69, 9.17) is 0 Å². The summed E-state index contributed by atoms with van der Waals surface area (Å²) in [5, 5.41) is 0. The van der Waals surface area contributed by atoms with E-state index in [9.17, 15) is 0 Å². The first kappa shape index (κ1) is 50.2. The number of hydrogen-bond acceptors (Lipinski definition) is 2. The smallest absolute Gasteiger partial charge is 0.0714 e. The first-order chi connectivity index (χ1) is 41.9. The molecule has 2 nitrogen and oxygen atoms in total. The molecule has 0 unspecified atom stereocenters. The highest BCUT2D eigenvalue weighted by Gasteiger charge is 2.48. The SMILES string of the molecule is CC1(C)c2ccccc2-c2ccc(N(c3cccc(N(c4cccc(C5(c6ccccc6)c6ccccc6-c6ccccc65)c4)c4ccccc4-c4ccccc4)c3)c3cccc(C4(c5ccccc5)c5ccccc5-c5ccccc54)c3)cc21. The molecule has 3 aliphatic rings. The van der Waals surface area contributed by atoms with Crippen molar-refractivity contribution in [1.29, 1.82) is 0 Å². The summed E-state index contributed by atoms with van der Waals surface area (Å²) in [6.45, 7) is 4.76. The first-order valence-electron chi connectivity index (χ1n) is 29.7. The molecule has 0 aliphatic heterocycles. The summed E-state index contributed by atoms with van der Waals surface area (Å²) in [7, 11) is 0. The van der Waals surface area contributed by atoms with Crippen LogP contribution in [0.25, 0.3) is 44.5 Å². The quantitative estimate of drug-likeness (QED) is 0.127. The van der Waals surface area contributed by atoms with Crippen LogP contribution in [0.5, 0.6) is 0 Å². The van der Waals surface area contributed by atoms with Crippen molar-refractivity contribution in [2.24, 2.45) is 0 Å². The highest BCUT2D eigenvalue weighted by Crippen LogP contribution is 2.59. The minimum absolute atomic E-state index is 0.216. The van der Waals surface area contributed by atoms with E-state index < -0.39 is 10.8 Å². The maximum absolute atomic E-state index is 2.51. The third kappa shape index (κ3) is 7.58. The van der Waals surface area contributed by atoms with Gasteiger partial charge in [-0.3, -0.25) is 0 Å².